The van der Waals surface area contributed by atoms with E-state index >= 15 is 0 Å². The van der Waals surface area contributed by atoms with Crippen molar-refractivity contribution in [3.63, 3.8) is 0 Å². The van der Waals surface area contributed by atoms with Crippen molar-refractivity contribution in [1.29, 1.82) is 0 Å². The predicted octanol–water partition coefficient (Wildman–Crippen LogP) is 2.48. The first-order chi connectivity index (χ1) is 4.61. The van der Waals surface area contributed by atoms with Gasteiger partial charge in [0.05, 0.1) is 0 Å². The fourth-order valence-electron chi connectivity index (χ4n) is 0.764. The molecular weight excluding hydrogens is 181 g/mol. The fourth-order valence-corrected chi connectivity index (χ4v) is 0.890. The second kappa shape index (κ2) is 3.96. The second-order valence-electron chi connectivity index (χ2n) is 2.44. The van der Waals surface area contributed by atoms with Crippen LogP contribution in [0.3, 0.4) is 0 Å². The van der Waals surface area contributed by atoms with Gasteiger partial charge in [-0.25, -0.2) is 0 Å². The molecule has 1 nitrogen and oxygen atoms in total. The maximum absolute atomic E-state index is 5.84. The summed E-state index contributed by atoms with van der Waals surface area (Å²) in [4.78, 5) is -0.735. The molecular formula is C8H11Cl2N. The number of nitrogens with two attached hydrogens (primary N) is 1. The lowest BCUT2D eigenvalue weighted by molar-refractivity contribution is 0.721. The molecule has 0 fully saturated rings. The van der Waals surface area contributed by atoms with Crippen LogP contribution in [0.5, 0.6) is 0 Å². The van der Waals surface area contributed by atoms with E-state index in [0.717, 1.165) is 5.56 Å². The Balaban J connectivity index is 0.000001000. The molecule has 62 valence electrons. The highest BCUT2D eigenvalue weighted by atomic mass is 35.5. The number of hydrogen-bond donors (Lipinski definition) is 1. The van der Waals surface area contributed by atoms with Gasteiger partial charge in [0.1, 0.15) is 5.00 Å². The molecule has 0 aromatic heterocycles. The van der Waals surface area contributed by atoms with Gasteiger partial charge in [-0.2, -0.15) is 0 Å². The zero-order valence-corrected chi connectivity index (χ0v) is 7.82. The maximum Gasteiger partial charge on any atom is 0.114 e. The molecule has 1 atom stereocenters. The minimum atomic E-state index is -0.735. The molecule has 0 radical (unpaired) electrons. The van der Waals surface area contributed by atoms with Gasteiger partial charge in [0, 0.05) is 0 Å². The highest BCUT2D eigenvalue weighted by molar-refractivity contribution is 6.23. The van der Waals surface area contributed by atoms with E-state index in [2.05, 4.69) is 0 Å². The van der Waals surface area contributed by atoms with Crippen molar-refractivity contribution in [1.82, 2.24) is 0 Å². The molecule has 0 aliphatic rings. The third-order valence-corrected chi connectivity index (χ3v) is 1.56. The molecule has 0 heterocycles. The molecule has 11 heavy (non-hydrogen) atoms. The third-order valence-electron chi connectivity index (χ3n) is 1.34. The van der Waals surface area contributed by atoms with Crippen LogP contribution in [0.25, 0.3) is 0 Å². The van der Waals surface area contributed by atoms with Crippen molar-refractivity contribution in [3.05, 3.63) is 35.9 Å². The molecule has 0 aliphatic heterocycles. The molecule has 0 bridgehead atoms. The van der Waals surface area contributed by atoms with Gasteiger partial charge in [0.15, 0.2) is 0 Å². The van der Waals surface area contributed by atoms with Crippen LogP contribution < -0.4 is 5.73 Å². The Morgan fingerprint density at radius 2 is 1.73 bits per heavy atom. The van der Waals surface area contributed by atoms with Gasteiger partial charge in [-0.15, -0.1) is 12.4 Å². The first kappa shape index (κ1) is 10.8. The second-order valence-corrected chi connectivity index (χ2v) is 3.23. The summed E-state index contributed by atoms with van der Waals surface area (Å²) in [6.45, 7) is 1.77. The molecule has 0 spiro atoms. The van der Waals surface area contributed by atoms with E-state index in [1.165, 1.54) is 0 Å². The van der Waals surface area contributed by atoms with Gasteiger partial charge in [-0.1, -0.05) is 41.9 Å². The van der Waals surface area contributed by atoms with Crippen LogP contribution in [0.2, 0.25) is 0 Å². The summed E-state index contributed by atoms with van der Waals surface area (Å²) in [6.07, 6.45) is 0. The Kier molecular flexibility index (Phi) is 3.87. The number of halogens is 2. The van der Waals surface area contributed by atoms with Gasteiger partial charge >= 0.3 is 0 Å². The van der Waals surface area contributed by atoms with Crippen LogP contribution in [0.1, 0.15) is 12.5 Å². The van der Waals surface area contributed by atoms with Gasteiger partial charge in [0.2, 0.25) is 0 Å². The lowest BCUT2D eigenvalue weighted by Crippen LogP contribution is -2.25. The first-order valence-corrected chi connectivity index (χ1v) is 3.52. The van der Waals surface area contributed by atoms with E-state index in [4.69, 9.17) is 17.3 Å². The molecule has 0 amide bonds. The highest BCUT2D eigenvalue weighted by Crippen LogP contribution is 2.20. The molecule has 1 aromatic carbocycles. The lowest BCUT2D eigenvalue weighted by Gasteiger charge is -2.15. The Morgan fingerprint density at radius 3 is 2.00 bits per heavy atom. The first-order valence-electron chi connectivity index (χ1n) is 3.14. The van der Waals surface area contributed by atoms with E-state index in [9.17, 15) is 0 Å². The molecule has 2 N–H and O–H groups in total. The Hall–Kier alpha value is -0.240. The van der Waals surface area contributed by atoms with Crippen LogP contribution in [0, 0.1) is 0 Å². The zero-order chi connectivity index (χ0) is 7.61. The summed E-state index contributed by atoms with van der Waals surface area (Å²) < 4.78 is 0. The molecule has 0 saturated carbocycles. The van der Waals surface area contributed by atoms with E-state index in [-0.39, 0.29) is 12.4 Å². The summed E-state index contributed by atoms with van der Waals surface area (Å²) >= 11 is 5.84. The predicted molar refractivity (Wildman–Crippen MR) is 51.1 cm³/mol. The smallest absolute Gasteiger partial charge is 0.114 e. The van der Waals surface area contributed by atoms with Crippen molar-refractivity contribution in [2.45, 2.75) is 11.9 Å². The summed E-state index contributed by atoms with van der Waals surface area (Å²) in [5, 5.41) is 0. The summed E-state index contributed by atoms with van der Waals surface area (Å²) in [5.41, 5.74) is 6.56. The van der Waals surface area contributed by atoms with E-state index < -0.39 is 5.00 Å². The largest absolute Gasteiger partial charge is 0.309 e. The minimum absolute atomic E-state index is 0. The van der Waals surface area contributed by atoms with Crippen molar-refractivity contribution >= 4 is 24.0 Å². The van der Waals surface area contributed by atoms with E-state index in [1.54, 1.807) is 6.92 Å². The van der Waals surface area contributed by atoms with Gasteiger partial charge in [-0.3, -0.25) is 0 Å². The van der Waals surface area contributed by atoms with Crippen molar-refractivity contribution in [3.8, 4) is 0 Å². The van der Waals surface area contributed by atoms with Crippen LogP contribution in [-0.2, 0) is 5.00 Å². The summed E-state index contributed by atoms with van der Waals surface area (Å²) in [6, 6.07) is 9.60. The standard InChI is InChI=1S/C8H10ClN.ClH/c1-8(9,10)7-5-3-2-4-6-7;/h2-6H,10H2,1H3;1H. The van der Waals surface area contributed by atoms with E-state index in [1.807, 2.05) is 30.3 Å². The normalized spacial score (nSPS) is 14.8. The van der Waals surface area contributed by atoms with E-state index in [0.29, 0.717) is 0 Å². The van der Waals surface area contributed by atoms with Crippen LogP contribution in [-0.4, -0.2) is 0 Å². The van der Waals surface area contributed by atoms with Gasteiger partial charge in [0.25, 0.3) is 0 Å². The molecule has 1 rings (SSSR count). The number of rotatable bonds is 1. The maximum atomic E-state index is 5.84. The molecule has 1 unspecified atom stereocenters. The Bertz CT molecular complexity index is 203. The van der Waals surface area contributed by atoms with Crippen molar-refractivity contribution in [2.75, 3.05) is 0 Å². The monoisotopic (exact) mass is 191 g/mol. The Labute approximate surface area is 78.0 Å². The molecule has 0 aliphatic carbocycles. The lowest BCUT2D eigenvalue weighted by atomic mass is 10.1. The minimum Gasteiger partial charge on any atom is -0.309 e. The zero-order valence-electron chi connectivity index (χ0n) is 6.25. The van der Waals surface area contributed by atoms with Crippen LogP contribution in [0.4, 0.5) is 0 Å². The molecule has 0 saturated heterocycles. The Morgan fingerprint density at radius 1 is 1.27 bits per heavy atom. The van der Waals surface area contributed by atoms with Gasteiger partial charge in [-0.05, 0) is 12.5 Å². The molecule has 1 aromatic rings. The summed E-state index contributed by atoms with van der Waals surface area (Å²) in [7, 11) is 0. The van der Waals surface area contributed by atoms with Crippen molar-refractivity contribution in [2.24, 2.45) is 5.73 Å². The quantitative estimate of drug-likeness (QED) is 0.536. The number of benzene rings is 1. The van der Waals surface area contributed by atoms with Gasteiger partial charge < -0.3 is 5.73 Å². The average Bonchev–Trinajstić information content (AvgIpc) is 1.88. The average molecular weight is 192 g/mol. The number of hydrogen-bond acceptors (Lipinski definition) is 1. The van der Waals surface area contributed by atoms with Crippen LogP contribution >= 0.6 is 24.0 Å². The topological polar surface area (TPSA) is 26.0 Å². The number of alkyl halides is 1. The third kappa shape index (κ3) is 3.10. The highest BCUT2D eigenvalue weighted by Gasteiger charge is 2.15. The van der Waals surface area contributed by atoms with Crippen LogP contribution in [0.15, 0.2) is 30.3 Å². The fraction of sp³-hybridized carbons (Fsp3) is 0.250. The molecule has 3 heteroatoms. The SMILES string of the molecule is CC(N)(Cl)c1ccccc1.Cl. The van der Waals surface area contributed by atoms with Crippen molar-refractivity contribution < 1.29 is 0 Å². The summed E-state index contributed by atoms with van der Waals surface area (Å²) in [5.74, 6) is 0.